The number of carbonyl (C=O) groups excluding carboxylic acids is 2. The van der Waals surface area contributed by atoms with E-state index in [1.54, 1.807) is 10.9 Å². The Morgan fingerprint density at radius 1 is 1.06 bits per heavy atom. The second kappa shape index (κ2) is 9.69. The minimum atomic E-state index is -1.14. The summed E-state index contributed by atoms with van der Waals surface area (Å²) >= 11 is 1.14. The third-order valence-electron chi connectivity index (χ3n) is 4.33. The molecule has 7 nitrogen and oxygen atoms in total. The molecule has 0 atom stereocenters. The zero-order chi connectivity index (χ0) is 22.5. The highest BCUT2D eigenvalue weighted by molar-refractivity contribution is 7.99. The Kier molecular flexibility index (Phi) is 7.01. The lowest BCUT2D eigenvalue weighted by atomic mass is 10.0. The van der Waals surface area contributed by atoms with E-state index in [-0.39, 0.29) is 17.1 Å². The first-order valence-corrected chi connectivity index (χ1v) is 10.4. The zero-order valence-electron chi connectivity index (χ0n) is 17.1. The van der Waals surface area contributed by atoms with Crippen molar-refractivity contribution in [3.8, 4) is 5.69 Å². The van der Waals surface area contributed by atoms with Crippen LogP contribution in [0.15, 0.2) is 47.9 Å². The monoisotopic (exact) mass is 445 g/mol. The first kappa shape index (κ1) is 22.4. The van der Waals surface area contributed by atoms with Crippen molar-refractivity contribution >= 4 is 35.0 Å². The number of rotatable bonds is 7. The maximum absolute atomic E-state index is 13.6. The van der Waals surface area contributed by atoms with Gasteiger partial charge in [0.1, 0.15) is 6.33 Å². The first-order valence-electron chi connectivity index (χ1n) is 9.44. The molecule has 0 unspecified atom stereocenters. The maximum atomic E-state index is 13.6. The van der Waals surface area contributed by atoms with Crippen LogP contribution in [0.3, 0.4) is 0 Å². The molecular formula is C21H21F2N5O2S. The van der Waals surface area contributed by atoms with Gasteiger partial charge in [-0.25, -0.2) is 8.78 Å². The molecule has 0 aliphatic heterocycles. The van der Waals surface area contributed by atoms with E-state index in [9.17, 15) is 18.4 Å². The number of benzene rings is 2. The molecule has 31 heavy (non-hydrogen) atoms. The third kappa shape index (κ3) is 5.66. The number of thioether (sulfide) groups is 1. The lowest BCUT2D eigenvalue weighted by molar-refractivity contribution is -0.115. The SMILES string of the molecule is CC(=O)Nc1cc(F)c(F)cc1NC(=O)CSc1nncn1-c1ccc(C(C)C)cc1. The van der Waals surface area contributed by atoms with Gasteiger partial charge in [-0.3, -0.25) is 14.2 Å². The predicted molar refractivity (Wildman–Crippen MR) is 115 cm³/mol. The average Bonchev–Trinajstić information content (AvgIpc) is 3.18. The Morgan fingerprint density at radius 3 is 2.26 bits per heavy atom. The van der Waals surface area contributed by atoms with Crippen molar-refractivity contribution in [2.24, 2.45) is 0 Å². The van der Waals surface area contributed by atoms with Crippen molar-refractivity contribution in [2.75, 3.05) is 16.4 Å². The van der Waals surface area contributed by atoms with Crippen molar-refractivity contribution in [1.29, 1.82) is 0 Å². The van der Waals surface area contributed by atoms with E-state index in [0.29, 0.717) is 11.1 Å². The maximum Gasteiger partial charge on any atom is 0.234 e. The second-order valence-electron chi connectivity index (χ2n) is 7.06. The van der Waals surface area contributed by atoms with Gasteiger partial charge < -0.3 is 10.6 Å². The molecule has 0 aliphatic rings. The molecule has 0 saturated carbocycles. The number of hydrogen-bond donors (Lipinski definition) is 2. The van der Waals surface area contributed by atoms with Crippen LogP contribution in [0.25, 0.3) is 5.69 Å². The molecule has 1 heterocycles. The fraction of sp³-hybridized carbons (Fsp3) is 0.238. The number of amides is 2. The molecule has 2 N–H and O–H groups in total. The van der Waals surface area contributed by atoms with Gasteiger partial charge in [-0.05, 0) is 23.6 Å². The van der Waals surface area contributed by atoms with E-state index in [2.05, 4.69) is 34.7 Å². The van der Waals surface area contributed by atoms with Crippen molar-refractivity contribution in [3.63, 3.8) is 0 Å². The van der Waals surface area contributed by atoms with E-state index < -0.39 is 23.4 Å². The number of aromatic nitrogens is 3. The Balaban J connectivity index is 1.69. The Morgan fingerprint density at radius 2 is 1.68 bits per heavy atom. The third-order valence-corrected chi connectivity index (χ3v) is 5.28. The van der Waals surface area contributed by atoms with E-state index >= 15 is 0 Å². The molecule has 3 aromatic rings. The summed E-state index contributed by atoms with van der Waals surface area (Å²) in [5.41, 5.74) is 1.99. The molecule has 0 spiro atoms. The minimum Gasteiger partial charge on any atom is -0.324 e. The van der Waals surface area contributed by atoms with Gasteiger partial charge >= 0.3 is 0 Å². The van der Waals surface area contributed by atoms with Crippen molar-refractivity contribution in [3.05, 3.63) is 59.9 Å². The van der Waals surface area contributed by atoms with Crippen LogP contribution in [0.1, 0.15) is 32.3 Å². The summed E-state index contributed by atoms with van der Waals surface area (Å²) in [5, 5.41) is 13.3. The summed E-state index contributed by atoms with van der Waals surface area (Å²) in [4.78, 5) is 23.7. The highest BCUT2D eigenvalue weighted by Crippen LogP contribution is 2.26. The standard InChI is InChI=1S/C21H21F2N5O2S/c1-12(2)14-4-6-15(7-5-14)28-11-24-27-21(28)31-10-20(30)26-19-9-17(23)16(22)8-18(19)25-13(3)29/h4-9,11-12H,10H2,1-3H3,(H,25,29)(H,26,30). The molecule has 2 amide bonds. The Hall–Kier alpha value is -3.27. The number of anilines is 2. The van der Waals surface area contributed by atoms with Gasteiger partial charge in [0.05, 0.1) is 17.1 Å². The van der Waals surface area contributed by atoms with Gasteiger partial charge in [0.15, 0.2) is 16.8 Å². The number of nitrogens with one attached hydrogen (secondary N) is 2. The van der Waals surface area contributed by atoms with Crippen LogP contribution in [0, 0.1) is 11.6 Å². The second-order valence-corrected chi connectivity index (χ2v) is 8.00. The van der Waals surface area contributed by atoms with Gasteiger partial charge in [0, 0.05) is 24.7 Å². The number of nitrogens with zero attached hydrogens (tertiary/aromatic N) is 3. The predicted octanol–water partition coefficient (Wildman–Crippen LogP) is 4.36. The molecule has 1 aromatic heterocycles. The lowest BCUT2D eigenvalue weighted by Gasteiger charge is -2.12. The van der Waals surface area contributed by atoms with E-state index in [1.807, 2.05) is 24.3 Å². The number of carbonyl (C=O) groups is 2. The highest BCUT2D eigenvalue weighted by atomic mass is 32.2. The number of halogens is 2. The molecule has 3 rings (SSSR count). The summed E-state index contributed by atoms with van der Waals surface area (Å²) in [5.74, 6) is -2.87. The van der Waals surface area contributed by atoms with Gasteiger partial charge in [0.2, 0.25) is 11.8 Å². The minimum absolute atomic E-state index is 0.0295. The van der Waals surface area contributed by atoms with Gasteiger partial charge in [-0.1, -0.05) is 37.7 Å². The molecule has 162 valence electrons. The first-order chi connectivity index (χ1) is 14.7. The van der Waals surface area contributed by atoms with Crippen LogP contribution in [-0.2, 0) is 9.59 Å². The fourth-order valence-corrected chi connectivity index (χ4v) is 3.51. The Labute approximate surface area is 182 Å². The number of hydrogen-bond acceptors (Lipinski definition) is 5. The van der Waals surface area contributed by atoms with Crippen LogP contribution < -0.4 is 10.6 Å². The molecule has 10 heteroatoms. The highest BCUT2D eigenvalue weighted by Gasteiger charge is 2.15. The smallest absolute Gasteiger partial charge is 0.234 e. The zero-order valence-corrected chi connectivity index (χ0v) is 18.0. The van der Waals surface area contributed by atoms with Gasteiger partial charge in [-0.15, -0.1) is 10.2 Å². The molecule has 0 aliphatic carbocycles. The molecule has 0 radical (unpaired) electrons. The average molecular weight is 445 g/mol. The van der Waals surface area contributed by atoms with Crippen LogP contribution in [0.5, 0.6) is 0 Å². The van der Waals surface area contributed by atoms with E-state index in [1.165, 1.54) is 12.5 Å². The van der Waals surface area contributed by atoms with Crippen molar-refractivity contribution in [2.45, 2.75) is 31.8 Å². The quantitative estimate of drug-likeness (QED) is 0.528. The molecule has 0 bridgehead atoms. The van der Waals surface area contributed by atoms with Crippen LogP contribution in [-0.4, -0.2) is 32.3 Å². The Bertz CT molecular complexity index is 1100. The summed E-state index contributed by atoms with van der Waals surface area (Å²) in [6, 6.07) is 9.58. The molecular weight excluding hydrogens is 424 g/mol. The van der Waals surface area contributed by atoms with Crippen LogP contribution in [0.2, 0.25) is 0 Å². The van der Waals surface area contributed by atoms with Gasteiger partial charge in [0.25, 0.3) is 0 Å². The normalized spacial score (nSPS) is 10.9. The van der Waals surface area contributed by atoms with E-state index in [0.717, 1.165) is 29.6 Å². The fourth-order valence-electron chi connectivity index (χ4n) is 2.78. The largest absolute Gasteiger partial charge is 0.324 e. The van der Waals surface area contributed by atoms with Crippen LogP contribution >= 0.6 is 11.8 Å². The summed E-state index contributed by atoms with van der Waals surface area (Å²) in [7, 11) is 0. The summed E-state index contributed by atoms with van der Waals surface area (Å²) in [6.45, 7) is 5.44. The lowest BCUT2D eigenvalue weighted by Crippen LogP contribution is -2.17. The summed E-state index contributed by atoms with van der Waals surface area (Å²) < 4.78 is 28.9. The molecule has 2 aromatic carbocycles. The van der Waals surface area contributed by atoms with Crippen molar-refractivity contribution in [1.82, 2.24) is 14.8 Å². The summed E-state index contributed by atoms with van der Waals surface area (Å²) in [6.07, 6.45) is 1.55. The van der Waals surface area contributed by atoms with Crippen molar-refractivity contribution < 1.29 is 18.4 Å². The van der Waals surface area contributed by atoms with Gasteiger partial charge in [-0.2, -0.15) is 0 Å². The topological polar surface area (TPSA) is 88.9 Å². The molecule has 0 fully saturated rings. The molecule has 0 saturated heterocycles. The van der Waals surface area contributed by atoms with Crippen LogP contribution in [0.4, 0.5) is 20.2 Å². The van der Waals surface area contributed by atoms with E-state index in [4.69, 9.17) is 0 Å².